The highest BCUT2D eigenvalue weighted by Crippen LogP contribution is 2.25. The Kier molecular flexibility index (Phi) is 5.91. The molecule has 1 saturated heterocycles. The smallest absolute Gasteiger partial charge is 0.253 e. The molecular formula is C25H27N7O. The molecule has 4 aromatic rings. The number of para-hydroxylation sites is 1. The lowest BCUT2D eigenvalue weighted by Gasteiger charge is -2.34. The Morgan fingerprint density at radius 2 is 1.88 bits per heavy atom. The molecule has 0 aliphatic carbocycles. The van der Waals surface area contributed by atoms with Crippen molar-refractivity contribution in [3.05, 3.63) is 85.1 Å². The van der Waals surface area contributed by atoms with Crippen molar-refractivity contribution in [2.75, 3.05) is 38.0 Å². The summed E-state index contributed by atoms with van der Waals surface area (Å²) >= 11 is 0. The molecule has 2 N–H and O–H groups in total. The fourth-order valence-corrected chi connectivity index (χ4v) is 4.17. The Labute approximate surface area is 192 Å². The van der Waals surface area contributed by atoms with Crippen LogP contribution in [0.1, 0.15) is 16.1 Å². The molecule has 168 valence electrons. The molecule has 5 rings (SSSR count). The van der Waals surface area contributed by atoms with Gasteiger partial charge in [-0.05, 0) is 30.3 Å². The van der Waals surface area contributed by atoms with E-state index in [-0.39, 0.29) is 5.91 Å². The molecule has 1 amide bonds. The molecule has 0 spiro atoms. The number of H-pyrrole nitrogens is 1. The second-order valence-electron chi connectivity index (χ2n) is 8.24. The van der Waals surface area contributed by atoms with E-state index in [4.69, 9.17) is 0 Å². The lowest BCUT2D eigenvalue weighted by Crippen LogP contribution is -2.49. The van der Waals surface area contributed by atoms with E-state index in [1.54, 1.807) is 6.20 Å². The number of nitrogens with one attached hydrogen (secondary N) is 2. The number of piperazine rings is 1. The number of imidazole rings is 1. The number of carbonyl (C=O) groups is 1. The molecule has 3 heterocycles. The summed E-state index contributed by atoms with van der Waals surface area (Å²) in [6, 6.07) is 15.5. The zero-order valence-electron chi connectivity index (χ0n) is 18.4. The van der Waals surface area contributed by atoms with Crippen molar-refractivity contribution in [1.29, 1.82) is 0 Å². The summed E-state index contributed by atoms with van der Waals surface area (Å²) in [6.45, 7) is 9.21. The van der Waals surface area contributed by atoms with Crippen LogP contribution in [0.3, 0.4) is 0 Å². The van der Waals surface area contributed by atoms with Crippen LogP contribution in [0.5, 0.6) is 0 Å². The number of hydrogen-bond donors (Lipinski definition) is 2. The first-order chi connectivity index (χ1) is 16.2. The Hall–Kier alpha value is -3.91. The van der Waals surface area contributed by atoms with Crippen LogP contribution in [0.25, 0.3) is 16.6 Å². The first kappa shape index (κ1) is 21.0. The van der Waals surface area contributed by atoms with Gasteiger partial charge in [0.25, 0.3) is 5.91 Å². The van der Waals surface area contributed by atoms with Crippen LogP contribution < -0.4 is 5.32 Å². The Morgan fingerprint density at radius 1 is 1.06 bits per heavy atom. The lowest BCUT2D eigenvalue weighted by atomic mass is 10.1. The first-order valence-electron chi connectivity index (χ1n) is 11.1. The largest absolute Gasteiger partial charge is 0.354 e. The topological polar surface area (TPSA) is 82.1 Å². The zero-order valence-corrected chi connectivity index (χ0v) is 18.4. The molecule has 8 nitrogen and oxygen atoms in total. The minimum Gasteiger partial charge on any atom is -0.354 e. The highest BCUT2D eigenvalue weighted by atomic mass is 16.2. The highest BCUT2D eigenvalue weighted by Gasteiger charge is 2.23. The fourth-order valence-electron chi connectivity index (χ4n) is 4.17. The van der Waals surface area contributed by atoms with Gasteiger partial charge in [-0.2, -0.15) is 5.10 Å². The minimum absolute atomic E-state index is 0.0555. The fraction of sp³-hybridized carbons (Fsp3) is 0.240. The van der Waals surface area contributed by atoms with Crippen molar-refractivity contribution in [3.63, 3.8) is 0 Å². The molecule has 0 saturated carbocycles. The molecule has 0 bridgehead atoms. The molecule has 0 radical (unpaired) electrons. The quantitative estimate of drug-likeness (QED) is 0.460. The molecular weight excluding hydrogens is 414 g/mol. The van der Waals surface area contributed by atoms with E-state index in [2.05, 4.69) is 36.5 Å². The summed E-state index contributed by atoms with van der Waals surface area (Å²) in [5, 5.41) is 11.6. The molecule has 8 heteroatoms. The third kappa shape index (κ3) is 4.65. The number of carbonyl (C=O) groups excluding carboxylic acids is 1. The molecule has 0 unspecified atom stereocenters. The summed E-state index contributed by atoms with van der Waals surface area (Å²) in [5.41, 5.74) is 3.89. The molecule has 0 atom stereocenters. The standard InChI is InChI=1S/C25H27N7O/c1-19(27-21-5-3-2-4-6-21)24-22-17-20(7-8-23(22)28-29-24)25(33)32-15-13-30(14-16-32)11-12-31-10-9-26-18-31/h2-10,17-18,27H,1,11-16H2,(H,28,29). The van der Waals surface area contributed by atoms with E-state index < -0.39 is 0 Å². The third-order valence-electron chi connectivity index (χ3n) is 6.06. The number of fused-ring (bicyclic) bond motifs is 1. The maximum Gasteiger partial charge on any atom is 0.253 e. The number of anilines is 1. The number of nitrogens with zero attached hydrogens (tertiary/aromatic N) is 5. The van der Waals surface area contributed by atoms with Crippen LogP contribution in [-0.4, -0.2) is 68.2 Å². The average molecular weight is 442 g/mol. The summed E-state index contributed by atoms with van der Waals surface area (Å²) in [6.07, 6.45) is 5.61. The van der Waals surface area contributed by atoms with Gasteiger partial charge in [-0.25, -0.2) is 4.98 Å². The van der Waals surface area contributed by atoms with Gasteiger partial charge in [0.1, 0.15) is 5.69 Å². The molecule has 33 heavy (non-hydrogen) atoms. The van der Waals surface area contributed by atoms with Crippen molar-refractivity contribution in [3.8, 4) is 0 Å². The van der Waals surface area contributed by atoms with E-state index in [1.807, 2.05) is 66.0 Å². The van der Waals surface area contributed by atoms with Gasteiger partial charge in [0.15, 0.2) is 0 Å². The van der Waals surface area contributed by atoms with Crippen LogP contribution in [0.2, 0.25) is 0 Å². The molecule has 1 fully saturated rings. The summed E-state index contributed by atoms with van der Waals surface area (Å²) in [7, 11) is 0. The first-order valence-corrected chi connectivity index (χ1v) is 11.1. The number of rotatable bonds is 7. The Morgan fingerprint density at radius 3 is 2.64 bits per heavy atom. The van der Waals surface area contributed by atoms with Crippen molar-refractivity contribution >= 4 is 28.2 Å². The van der Waals surface area contributed by atoms with Crippen LogP contribution in [0, 0.1) is 0 Å². The molecule has 1 aliphatic heterocycles. The van der Waals surface area contributed by atoms with Gasteiger partial charge < -0.3 is 14.8 Å². The number of amides is 1. The number of aromatic nitrogens is 4. The van der Waals surface area contributed by atoms with Crippen LogP contribution in [0.4, 0.5) is 5.69 Å². The monoisotopic (exact) mass is 441 g/mol. The third-order valence-corrected chi connectivity index (χ3v) is 6.06. The van der Waals surface area contributed by atoms with Crippen LogP contribution in [-0.2, 0) is 6.54 Å². The predicted octanol–water partition coefficient (Wildman–Crippen LogP) is 3.30. The normalized spacial score (nSPS) is 14.5. The summed E-state index contributed by atoms with van der Waals surface area (Å²) in [5.74, 6) is 0.0555. The number of aromatic amines is 1. The Bertz CT molecular complexity index is 1240. The van der Waals surface area contributed by atoms with Gasteiger partial charge in [-0.3, -0.25) is 14.8 Å². The van der Waals surface area contributed by atoms with E-state index in [1.165, 1.54) is 0 Å². The SMILES string of the molecule is C=C(Nc1ccccc1)c1n[nH]c2ccc(C(=O)N3CCN(CCn4ccnc4)CC3)cc12. The van der Waals surface area contributed by atoms with E-state index in [0.29, 0.717) is 17.0 Å². The van der Waals surface area contributed by atoms with Gasteiger partial charge in [0.05, 0.1) is 17.5 Å². The van der Waals surface area contributed by atoms with Crippen molar-refractivity contribution in [2.24, 2.45) is 0 Å². The van der Waals surface area contributed by atoms with Crippen molar-refractivity contribution in [1.82, 2.24) is 29.5 Å². The molecule has 2 aromatic carbocycles. The van der Waals surface area contributed by atoms with Gasteiger partial charge in [-0.1, -0.05) is 24.8 Å². The maximum absolute atomic E-state index is 13.2. The van der Waals surface area contributed by atoms with Gasteiger partial charge in [0, 0.05) is 68.3 Å². The van der Waals surface area contributed by atoms with Crippen molar-refractivity contribution < 1.29 is 4.79 Å². The highest BCUT2D eigenvalue weighted by molar-refractivity contribution is 6.01. The average Bonchev–Trinajstić information content (AvgIpc) is 3.53. The van der Waals surface area contributed by atoms with Crippen LogP contribution in [0.15, 0.2) is 73.8 Å². The van der Waals surface area contributed by atoms with Gasteiger partial charge >= 0.3 is 0 Å². The zero-order chi connectivity index (χ0) is 22.6. The molecule has 1 aliphatic rings. The van der Waals surface area contributed by atoms with Gasteiger partial charge in [-0.15, -0.1) is 0 Å². The summed E-state index contributed by atoms with van der Waals surface area (Å²) < 4.78 is 2.08. The minimum atomic E-state index is 0.0555. The van der Waals surface area contributed by atoms with E-state index >= 15 is 0 Å². The summed E-state index contributed by atoms with van der Waals surface area (Å²) in [4.78, 5) is 21.6. The number of benzene rings is 2. The number of hydrogen-bond acceptors (Lipinski definition) is 5. The second kappa shape index (κ2) is 9.30. The van der Waals surface area contributed by atoms with Gasteiger partial charge in [0.2, 0.25) is 0 Å². The maximum atomic E-state index is 13.2. The Balaban J connectivity index is 1.24. The van der Waals surface area contributed by atoms with Crippen molar-refractivity contribution in [2.45, 2.75) is 6.54 Å². The van der Waals surface area contributed by atoms with Crippen LogP contribution >= 0.6 is 0 Å². The lowest BCUT2D eigenvalue weighted by molar-refractivity contribution is 0.0633. The van der Waals surface area contributed by atoms with E-state index in [9.17, 15) is 4.79 Å². The van der Waals surface area contributed by atoms with E-state index in [0.717, 1.165) is 55.9 Å². The second-order valence-corrected chi connectivity index (χ2v) is 8.24. The predicted molar refractivity (Wildman–Crippen MR) is 130 cm³/mol. The molecule has 2 aromatic heterocycles.